The van der Waals surface area contributed by atoms with E-state index in [-0.39, 0.29) is 11.5 Å². The number of ketones is 1. The lowest BCUT2D eigenvalue weighted by Gasteiger charge is -2.04. The van der Waals surface area contributed by atoms with Gasteiger partial charge >= 0.3 is 5.97 Å². The molecule has 0 amide bonds. The Morgan fingerprint density at radius 2 is 1.83 bits per heavy atom. The van der Waals surface area contributed by atoms with Crippen LogP contribution < -0.4 is 4.74 Å². The molecule has 0 bridgehead atoms. The van der Waals surface area contributed by atoms with E-state index in [9.17, 15) is 14.7 Å². The second-order valence-electron chi connectivity index (χ2n) is 4.70. The van der Waals surface area contributed by atoms with Gasteiger partial charge in [0.1, 0.15) is 0 Å². The molecule has 118 valence electrons. The number of methoxy groups -OCH3 is 2. The molecule has 2 aromatic rings. The number of carbonyl (C=O) groups is 2. The van der Waals surface area contributed by atoms with Gasteiger partial charge in [0.05, 0.1) is 19.8 Å². The van der Waals surface area contributed by atoms with Crippen molar-refractivity contribution in [3.8, 4) is 11.5 Å². The number of hydrogen-bond acceptors (Lipinski definition) is 5. The largest absolute Gasteiger partial charge is 0.504 e. The summed E-state index contributed by atoms with van der Waals surface area (Å²) in [5.74, 6) is -0.506. The summed E-state index contributed by atoms with van der Waals surface area (Å²) in [4.78, 5) is 23.6. The van der Waals surface area contributed by atoms with Gasteiger partial charge in [0.25, 0.3) is 0 Å². The van der Waals surface area contributed by atoms with Crippen molar-refractivity contribution in [1.29, 1.82) is 0 Å². The van der Waals surface area contributed by atoms with Crippen molar-refractivity contribution < 1.29 is 24.2 Å². The van der Waals surface area contributed by atoms with E-state index in [4.69, 9.17) is 4.74 Å². The highest BCUT2D eigenvalue weighted by Crippen LogP contribution is 2.26. The van der Waals surface area contributed by atoms with E-state index in [0.717, 1.165) is 0 Å². The van der Waals surface area contributed by atoms with E-state index < -0.39 is 5.97 Å². The van der Waals surface area contributed by atoms with Crippen molar-refractivity contribution >= 4 is 17.8 Å². The minimum atomic E-state index is -0.438. The van der Waals surface area contributed by atoms with Gasteiger partial charge in [-0.15, -0.1) is 0 Å². The van der Waals surface area contributed by atoms with Gasteiger partial charge in [-0.3, -0.25) is 4.79 Å². The van der Waals surface area contributed by atoms with Crippen molar-refractivity contribution in [3.05, 3.63) is 65.2 Å². The molecule has 0 spiro atoms. The summed E-state index contributed by atoms with van der Waals surface area (Å²) in [6, 6.07) is 11.2. The highest BCUT2D eigenvalue weighted by molar-refractivity contribution is 6.07. The first kappa shape index (κ1) is 16.3. The molecule has 0 radical (unpaired) electrons. The zero-order chi connectivity index (χ0) is 16.8. The van der Waals surface area contributed by atoms with Crippen LogP contribution in [0.3, 0.4) is 0 Å². The average molecular weight is 312 g/mol. The Morgan fingerprint density at radius 1 is 1.04 bits per heavy atom. The van der Waals surface area contributed by atoms with Crippen LogP contribution >= 0.6 is 0 Å². The highest BCUT2D eigenvalue weighted by atomic mass is 16.5. The van der Waals surface area contributed by atoms with Crippen LogP contribution in [0.15, 0.2) is 48.5 Å². The first-order valence-corrected chi connectivity index (χ1v) is 6.83. The third-order valence-corrected chi connectivity index (χ3v) is 3.20. The van der Waals surface area contributed by atoms with Gasteiger partial charge in [-0.1, -0.05) is 18.2 Å². The molecule has 2 rings (SSSR count). The van der Waals surface area contributed by atoms with E-state index in [2.05, 4.69) is 4.74 Å². The summed E-state index contributed by atoms with van der Waals surface area (Å²) in [5.41, 5.74) is 1.44. The zero-order valence-corrected chi connectivity index (χ0v) is 12.8. The van der Waals surface area contributed by atoms with Gasteiger partial charge in [0.2, 0.25) is 0 Å². The minimum absolute atomic E-state index is 0.0977. The Bertz CT molecular complexity index is 762. The normalized spacial score (nSPS) is 10.5. The average Bonchev–Trinajstić information content (AvgIpc) is 2.59. The maximum absolute atomic E-state index is 12.1. The van der Waals surface area contributed by atoms with Crippen molar-refractivity contribution in [2.75, 3.05) is 14.2 Å². The fourth-order valence-electron chi connectivity index (χ4n) is 2.00. The summed E-state index contributed by atoms with van der Waals surface area (Å²) in [6.45, 7) is 0. The topological polar surface area (TPSA) is 72.8 Å². The quantitative estimate of drug-likeness (QED) is 0.522. The fourth-order valence-corrected chi connectivity index (χ4v) is 2.00. The molecule has 23 heavy (non-hydrogen) atoms. The number of carbonyl (C=O) groups excluding carboxylic acids is 2. The molecule has 0 saturated heterocycles. The van der Waals surface area contributed by atoms with Gasteiger partial charge in [-0.2, -0.15) is 0 Å². The summed E-state index contributed by atoms with van der Waals surface area (Å²) in [5, 5.41) is 9.70. The van der Waals surface area contributed by atoms with E-state index in [1.807, 2.05) is 0 Å². The molecular formula is C18H16O5. The first-order chi connectivity index (χ1) is 11.0. The monoisotopic (exact) mass is 312 g/mol. The highest BCUT2D eigenvalue weighted by Gasteiger charge is 2.08. The van der Waals surface area contributed by atoms with E-state index in [1.165, 1.54) is 32.4 Å². The SMILES string of the molecule is COC(=O)c1cccc(/C=C/C(=O)c2ccc(OC)c(O)c2)c1. The maximum Gasteiger partial charge on any atom is 0.337 e. The molecular weight excluding hydrogens is 296 g/mol. The Kier molecular flexibility index (Phi) is 5.15. The minimum Gasteiger partial charge on any atom is -0.504 e. The lowest BCUT2D eigenvalue weighted by atomic mass is 10.1. The molecule has 0 aliphatic heterocycles. The second kappa shape index (κ2) is 7.26. The fraction of sp³-hybridized carbons (Fsp3) is 0.111. The van der Waals surface area contributed by atoms with Gasteiger partial charge in [-0.25, -0.2) is 4.79 Å². The molecule has 0 unspecified atom stereocenters. The molecule has 1 N–H and O–H groups in total. The lowest BCUT2D eigenvalue weighted by Crippen LogP contribution is -2.00. The predicted molar refractivity (Wildman–Crippen MR) is 85.8 cm³/mol. The van der Waals surface area contributed by atoms with Crippen molar-refractivity contribution in [2.24, 2.45) is 0 Å². The molecule has 0 aliphatic carbocycles. The third kappa shape index (κ3) is 3.97. The summed E-state index contributed by atoms with van der Waals surface area (Å²) < 4.78 is 9.58. The zero-order valence-electron chi connectivity index (χ0n) is 12.8. The standard InChI is InChI=1S/C18H16O5/c1-22-17-9-7-13(11-16(17)20)15(19)8-6-12-4-3-5-14(10-12)18(21)23-2/h3-11,20H,1-2H3/b8-6+. The summed E-state index contributed by atoms with van der Waals surface area (Å²) >= 11 is 0. The molecule has 5 nitrogen and oxygen atoms in total. The van der Waals surface area contributed by atoms with E-state index in [1.54, 1.807) is 36.4 Å². The van der Waals surface area contributed by atoms with E-state index in [0.29, 0.717) is 22.4 Å². The first-order valence-electron chi connectivity index (χ1n) is 6.83. The number of esters is 1. The van der Waals surface area contributed by atoms with Crippen molar-refractivity contribution in [1.82, 2.24) is 0 Å². The van der Waals surface area contributed by atoms with Gasteiger partial charge in [0.15, 0.2) is 17.3 Å². The molecule has 5 heteroatoms. The number of allylic oxidation sites excluding steroid dienone is 1. The molecule has 0 heterocycles. The number of aromatic hydroxyl groups is 1. The van der Waals surface area contributed by atoms with Crippen LogP contribution in [0.4, 0.5) is 0 Å². The number of benzene rings is 2. The third-order valence-electron chi connectivity index (χ3n) is 3.20. The second-order valence-corrected chi connectivity index (χ2v) is 4.70. The van der Waals surface area contributed by atoms with Crippen LogP contribution in [-0.2, 0) is 4.74 Å². The molecule has 0 aromatic heterocycles. The van der Waals surface area contributed by atoms with Crippen molar-refractivity contribution in [3.63, 3.8) is 0 Å². The molecule has 0 atom stereocenters. The molecule has 0 aliphatic rings. The van der Waals surface area contributed by atoms with Gasteiger partial charge in [-0.05, 0) is 42.0 Å². The van der Waals surface area contributed by atoms with Gasteiger partial charge < -0.3 is 14.6 Å². The predicted octanol–water partition coefficient (Wildman–Crippen LogP) is 3.08. The van der Waals surface area contributed by atoms with Crippen LogP contribution in [0, 0.1) is 0 Å². The van der Waals surface area contributed by atoms with Crippen LogP contribution in [0.25, 0.3) is 6.08 Å². The summed E-state index contributed by atoms with van der Waals surface area (Å²) in [7, 11) is 2.75. The van der Waals surface area contributed by atoms with Crippen LogP contribution in [0.5, 0.6) is 11.5 Å². The maximum atomic E-state index is 12.1. The number of phenols is 1. The lowest BCUT2D eigenvalue weighted by molar-refractivity contribution is 0.0600. The number of ether oxygens (including phenoxy) is 2. The molecule has 0 fully saturated rings. The number of phenolic OH excluding ortho intramolecular Hbond substituents is 1. The smallest absolute Gasteiger partial charge is 0.337 e. The van der Waals surface area contributed by atoms with Crippen LogP contribution in [0.1, 0.15) is 26.3 Å². The van der Waals surface area contributed by atoms with E-state index >= 15 is 0 Å². The Balaban J connectivity index is 2.18. The summed E-state index contributed by atoms with van der Waals surface area (Å²) in [6.07, 6.45) is 2.97. The number of rotatable bonds is 5. The van der Waals surface area contributed by atoms with Gasteiger partial charge in [0, 0.05) is 5.56 Å². The number of hydrogen-bond donors (Lipinski definition) is 1. The van der Waals surface area contributed by atoms with Crippen LogP contribution in [-0.4, -0.2) is 31.1 Å². The molecule has 2 aromatic carbocycles. The van der Waals surface area contributed by atoms with Crippen molar-refractivity contribution in [2.45, 2.75) is 0 Å². The Hall–Kier alpha value is -3.08. The Labute approximate surface area is 133 Å². The Morgan fingerprint density at radius 3 is 2.48 bits per heavy atom. The van der Waals surface area contributed by atoms with Crippen LogP contribution in [0.2, 0.25) is 0 Å². The molecule has 0 saturated carbocycles.